The molecule has 2 rings (SSSR count). The Bertz CT molecular complexity index is 689. The van der Waals surface area contributed by atoms with Gasteiger partial charge in [0, 0.05) is 16.6 Å². The summed E-state index contributed by atoms with van der Waals surface area (Å²) < 4.78 is 0. The Labute approximate surface area is 147 Å². The van der Waals surface area contributed by atoms with Crippen molar-refractivity contribution in [3.8, 4) is 0 Å². The molecule has 24 heavy (non-hydrogen) atoms. The van der Waals surface area contributed by atoms with Crippen LogP contribution in [0.1, 0.15) is 18.9 Å². The molecule has 5 heteroatoms. The van der Waals surface area contributed by atoms with Crippen LogP contribution < -0.4 is 10.6 Å². The van der Waals surface area contributed by atoms with Crippen molar-refractivity contribution in [1.29, 1.82) is 0 Å². The van der Waals surface area contributed by atoms with E-state index in [-0.39, 0.29) is 6.04 Å². The van der Waals surface area contributed by atoms with Crippen molar-refractivity contribution in [2.75, 3.05) is 11.6 Å². The highest BCUT2D eigenvalue weighted by Crippen LogP contribution is 2.18. The van der Waals surface area contributed by atoms with E-state index in [1.54, 1.807) is 17.8 Å². The predicted octanol–water partition coefficient (Wildman–Crippen LogP) is 3.48. The van der Waals surface area contributed by atoms with Gasteiger partial charge in [-0.15, -0.1) is 11.8 Å². The molecule has 2 aromatic rings. The number of amides is 2. The molecular formula is C19H22N2O2S. The van der Waals surface area contributed by atoms with Gasteiger partial charge in [0.15, 0.2) is 0 Å². The number of anilines is 1. The van der Waals surface area contributed by atoms with Crippen molar-refractivity contribution in [2.24, 2.45) is 0 Å². The molecule has 0 aliphatic rings. The molecular weight excluding hydrogens is 320 g/mol. The second-order valence-electron chi connectivity index (χ2n) is 5.58. The number of benzene rings is 2. The van der Waals surface area contributed by atoms with E-state index in [9.17, 15) is 9.59 Å². The zero-order valence-electron chi connectivity index (χ0n) is 13.9. The number of hydrogen-bond donors (Lipinski definition) is 2. The van der Waals surface area contributed by atoms with Crippen molar-refractivity contribution < 1.29 is 9.59 Å². The molecule has 0 aromatic heterocycles. The van der Waals surface area contributed by atoms with Gasteiger partial charge in [-0.2, -0.15) is 0 Å². The second kappa shape index (κ2) is 9.13. The first-order valence-corrected chi connectivity index (χ1v) is 9.11. The van der Waals surface area contributed by atoms with Crippen LogP contribution in [0.3, 0.4) is 0 Å². The summed E-state index contributed by atoms with van der Waals surface area (Å²) in [4.78, 5) is 25.0. The van der Waals surface area contributed by atoms with E-state index in [0.717, 1.165) is 17.7 Å². The molecule has 0 fully saturated rings. The number of hydrogen-bond acceptors (Lipinski definition) is 3. The molecule has 0 aliphatic carbocycles. The van der Waals surface area contributed by atoms with Gasteiger partial charge in [0.25, 0.3) is 0 Å². The first-order valence-electron chi connectivity index (χ1n) is 7.88. The van der Waals surface area contributed by atoms with E-state index in [0.29, 0.717) is 5.69 Å². The highest BCUT2D eigenvalue weighted by atomic mass is 32.2. The fourth-order valence-electron chi connectivity index (χ4n) is 2.28. The van der Waals surface area contributed by atoms with E-state index < -0.39 is 11.8 Å². The fourth-order valence-corrected chi connectivity index (χ4v) is 2.74. The number of carbonyl (C=O) groups is 2. The standard InChI is InChI=1S/C19H22N2O2S/c1-14(11-12-15-7-4-3-5-8-15)20-18(22)19(23)21-16-9-6-10-17(13-16)24-2/h3-10,13-14H,11-12H2,1-2H3,(H,20,22)(H,21,23)/t14-/m1/s1. The third kappa shape index (κ3) is 5.74. The average molecular weight is 342 g/mol. The number of rotatable bonds is 6. The second-order valence-corrected chi connectivity index (χ2v) is 6.46. The molecule has 1 atom stereocenters. The summed E-state index contributed by atoms with van der Waals surface area (Å²) in [5.74, 6) is -1.25. The van der Waals surface area contributed by atoms with Gasteiger partial charge in [0.05, 0.1) is 0 Å². The molecule has 126 valence electrons. The Morgan fingerprint density at radius 3 is 2.50 bits per heavy atom. The van der Waals surface area contributed by atoms with Gasteiger partial charge in [-0.1, -0.05) is 36.4 Å². The van der Waals surface area contributed by atoms with Gasteiger partial charge < -0.3 is 10.6 Å². The van der Waals surface area contributed by atoms with Crippen molar-refractivity contribution in [1.82, 2.24) is 5.32 Å². The normalized spacial score (nSPS) is 11.6. The van der Waals surface area contributed by atoms with Crippen LogP contribution in [-0.2, 0) is 16.0 Å². The Morgan fingerprint density at radius 1 is 1.04 bits per heavy atom. The highest BCUT2D eigenvalue weighted by Gasteiger charge is 2.16. The largest absolute Gasteiger partial charge is 0.345 e. The molecule has 0 bridgehead atoms. The molecule has 2 aromatic carbocycles. The first-order chi connectivity index (χ1) is 11.6. The molecule has 0 aliphatic heterocycles. The third-order valence-electron chi connectivity index (χ3n) is 3.62. The lowest BCUT2D eigenvalue weighted by molar-refractivity contribution is -0.136. The van der Waals surface area contributed by atoms with Crippen LogP contribution in [-0.4, -0.2) is 24.1 Å². The SMILES string of the molecule is CSc1cccc(NC(=O)C(=O)N[C@H](C)CCc2ccccc2)c1. The number of nitrogens with one attached hydrogen (secondary N) is 2. The zero-order valence-corrected chi connectivity index (χ0v) is 14.7. The van der Waals surface area contributed by atoms with E-state index in [1.807, 2.05) is 49.6 Å². The van der Waals surface area contributed by atoms with Gasteiger partial charge >= 0.3 is 11.8 Å². The maximum atomic E-state index is 12.0. The molecule has 0 heterocycles. The topological polar surface area (TPSA) is 58.2 Å². The lowest BCUT2D eigenvalue weighted by Gasteiger charge is -2.14. The molecule has 0 radical (unpaired) electrons. The Kier molecular flexibility index (Phi) is 6.88. The first kappa shape index (κ1) is 18.1. The summed E-state index contributed by atoms with van der Waals surface area (Å²) in [6.45, 7) is 1.91. The number of thioether (sulfide) groups is 1. The Hall–Kier alpha value is -2.27. The summed E-state index contributed by atoms with van der Waals surface area (Å²) in [7, 11) is 0. The zero-order chi connectivity index (χ0) is 17.4. The Morgan fingerprint density at radius 2 is 1.79 bits per heavy atom. The lowest BCUT2D eigenvalue weighted by atomic mass is 10.1. The average Bonchev–Trinajstić information content (AvgIpc) is 2.61. The van der Waals surface area contributed by atoms with Crippen LogP contribution in [0.2, 0.25) is 0 Å². The van der Waals surface area contributed by atoms with Crippen LogP contribution in [0.5, 0.6) is 0 Å². The molecule has 2 amide bonds. The van der Waals surface area contributed by atoms with Gasteiger partial charge in [-0.05, 0) is 49.8 Å². The minimum absolute atomic E-state index is 0.0685. The van der Waals surface area contributed by atoms with Crippen molar-refractivity contribution in [3.05, 3.63) is 60.2 Å². The lowest BCUT2D eigenvalue weighted by Crippen LogP contribution is -2.40. The Balaban J connectivity index is 1.81. The number of carbonyl (C=O) groups excluding carboxylic acids is 2. The van der Waals surface area contributed by atoms with Gasteiger partial charge in [-0.25, -0.2) is 0 Å². The van der Waals surface area contributed by atoms with E-state index in [2.05, 4.69) is 22.8 Å². The molecule has 4 nitrogen and oxygen atoms in total. The highest BCUT2D eigenvalue weighted by molar-refractivity contribution is 7.98. The summed E-state index contributed by atoms with van der Waals surface area (Å²) >= 11 is 1.58. The van der Waals surface area contributed by atoms with Gasteiger partial charge in [0.1, 0.15) is 0 Å². The predicted molar refractivity (Wildman–Crippen MR) is 99.2 cm³/mol. The van der Waals surface area contributed by atoms with Crippen molar-refractivity contribution >= 4 is 29.3 Å². The minimum Gasteiger partial charge on any atom is -0.345 e. The van der Waals surface area contributed by atoms with E-state index in [4.69, 9.17) is 0 Å². The van der Waals surface area contributed by atoms with E-state index in [1.165, 1.54) is 5.56 Å². The van der Waals surface area contributed by atoms with Gasteiger partial charge in [-0.3, -0.25) is 9.59 Å². The molecule has 0 saturated heterocycles. The summed E-state index contributed by atoms with van der Waals surface area (Å²) in [5, 5.41) is 5.37. The smallest absolute Gasteiger partial charge is 0.313 e. The maximum absolute atomic E-state index is 12.0. The molecule has 0 unspecified atom stereocenters. The summed E-state index contributed by atoms with van der Waals surface area (Å²) in [5.41, 5.74) is 1.84. The monoisotopic (exact) mass is 342 g/mol. The van der Waals surface area contributed by atoms with Gasteiger partial charge in [0.2, 0.25) is 0 Å². The molecule has 0 saturated carbocycles. The maximum Gasteiger partial charge on any atom is 0.313 e. The van der Waals surface area contributed by atoms with Crippen LogP contribution in [0.25, 0.3) is 0 Å². The van der Waals surface area contributed by atoms with Crippen LogP contribution in [0.4, 0.5) is 5.69 Å². The minimum atomic E-state index is -0.639. The third-order valence-corrected chi connectivity index (χ3v) is 4.35. The van der Waals surface area contributed by atoms with Crippen LogP contribution in [0, 0.1) is 0 Å². The van der Waals surface area contributed by atoms with Crippen LogP contribution >= 0.6 is 11.8 Å². The number of aryl methyl sites for hydroxylation is 1. The molecule has 2 N–H and O–H groups in total. The van der Waals surface area contributed by atoms with Crippen molar-refractivity contribution in [2.45, 2.75) is 30.7 Å². The fraction of sp³-hybridized carbons (Fsp3) is 0.263. The quantitative estimate of drug-likeness (QED) is 0.624. The molecule has 0 spiro atoms. The van der Waals surface area contributed by atoms with E-state index >= 15 is 0 Å². The van der Waals surface area contributed by atoms with Crippen molar-refractivity contribution in [3.63, 3.8) is 0 Å². The summed E-state index contributed by atoms with van der Waals surface area (Å²) in [6.07, 6.45) is 3.60. The summed E-state index contributed by atoms with van der Waals surface area (Å²) in [6, 6.07) is 17.4. The van der Waals surface area contributed by atoms with Crippen LogP contribution in [0.15, 0.2) is 59.5 Å².